The van der Waals surface area contributed by atoms with E-state index in [2.05, 4.69) is 4.99 Å². The first kappa shape index (κ1) is 24.3. The highest BCUT2D eigenvalue weighted by Gasteiger charge is 2.33. The van der Waals surface area contributed by atoms with E-state index in [0.717, 1.165) is 11.3 Å². The molecule has 0 radical (unpaired) electrons. The van der Waals surface area contributed by atoms with Crippen molar-refractivity contribution in [2.75, 3.05) is 27.9 Å². The minimum absolute atomic E-state index is 0.205. The number of allylic oxidation sites excluding steroid dienone is 1. The molecule has 0 fully saturated rings. The Bertz CT molecular complexity index is 1470. The summed E-state index contributed by atoms with van der Waals surface area (Å²) in [6.07, 6.45) is 1.80. The van der Waals surface area contributed by atoms with Crippen LogP contribution < -0.4 is 29.1 Å². The van der Waals surface area contributed by atoms with Gasteiger partial charge >= 0.3 is 5.97 Å². The van der Waals surface area contributed by atoms with E-state index in [1.165, 1.54) is 18.4 Å². The Morgan fingerprint density at radius 1 is 1.06 bits per heavy atom. The number of thiazole rings is 1. The molecule has 3 aromatic rings. The molecular formula is C26H26N2O6S. The van der Waals surface area contributed by atoms with Gasteiger partial charge in [-0.2, -0.15) is 0 Å². The number of esters is 1. The molecule has 1 atom stereocenters. The molecule has 9 heteroatoms. The van der Waals surface area contributed by atoms with Crippen LogP contribution in [0, 0.1) is 0 Å². The van der Waals surface area contributed by atoms with Crippen LogP contribution in [0.4, 0.5) is 0 Å². The van der Waals surface area contributed by atoms with Crippen molar-refractivity contribution in [1.29, 1.82) is 0 Å². The number of carbonyl (C=O) groups is 1. The summed E-state index contributed by atoms with van der Waals surface area (Å²) in [5, 5.41) is 0. The minimum Gasteiger partial charge on any atom is -0.497 e. The van der Waals surface area contributed by atoms with Crippen molar-refractivity contribution in [1.82, 2.24) is 4.57 Å². The van der Waals surface area contributed by atoms with Crippen LogP contribution in [0.1, 0.15) is 31.0 Å². The zero-order valence-electron chi connectivity index (χ0n) is 20.2. The van der Waals surface area contributed by atoms with Gasteiger partial charge in [-0.15, -0.1) is 0 Å². The van der Waals surface area contributed by atoms with Gasteiger partial charge in [0.1, 0.15) is 5.75 Å². The third kappa shape index (κ3) is 4.59. The normalized spacial score (nSPS) is 15.3. The fourth-order valence-electron chi connectivity index (χ4n) is 3.98. The Morgan fingerprint density at radius 3 is 2.40 bits per heavy atom. The Morgan fingerprint density at radius 2 is 1.77 bits per heavy atom. The lowest BCUT2D eigenvalue weighted by Crippen LogP contribution is -2.39. The van der Waals surface area contributed by atoms with Crippen molar-refractivity contribution in [2.24, 2.45) is 4.99 Å². The number of ether oxygens (including phenoxy) is 4. The number of fused-ring (bicyclic) bond motifs is 1. The van der Waals surface area contributed by atoms with Crippen molar-refractivity contribution in [2.45, 2.75) is 19.9 Å². The topological polar surface area (TPSA) is 88.4 Å². The van der Waals surface area contributed by atoms with Crippen molar-refractivity contribution in [3.05, 3.63) is 84.5 Å². The molecule has 1 aromatic heterocycles. The van der Waals surface area contributed by atoms with E-state index in [-0.39, 0.29) is 12.2 Å². The predicted octanol–water partition coefficient (Wildman–Crippen LogP) is 2.82. The molecule has 2 aromatic carbocycles. The summed E-state index contributed by atoms with van der Waals surface area (Å²) in [7, 11) is 4.69. The highest BCUT2D eigenvalue weighted by Crippen LogP contribution is 2.36. The highest BCUT2D eigenvalue weighted by atomic mass is 32.1. The average Bonchev–Trinajstić information content (AvgIpc) is 3.17. The number of benzene rings is 2. The molecule has 35 heavy (non-hydrogen) atoms. The maximum atomic E-state index is 13.7. The molecule has 182 valence electrons. The lowest BCUT2D eigenvalue weighted by atomic mass is 9.95. The number of rotatable bonds is 7. The third-order valence-electron chi connectivity index (χ3n) is 5.65. The van der Waals surface area contributed by atoms with Crippen LogP contribution in [0.5, 0.6) is 17.2 Å². The Kier molecular flexibility index (Phi) is 7.07. The Balaban J connectivity index is 1.94. The fourth-order valence-corrected chi connectivity index (χ4v) is 5.03. The molecule has 0 saturated carbocycles. The first-order chi connectivity index (χ1) is 16.9. The largest absolute Gasteiger partial charge is 0.497 e. The third-order valence-corrected chi connectivity index (χ3v) is 6.64. The van der Waals surface area contributed by atoms with Gasteiger partial charge in [-0.05, 0) is 55.3 Å². The van der Waals surface area contributed by atoms with E-state index < -0.39 is 12.0 Å². The smallest absolute Gasteiger partial charge is 0.338 e. The summed E-state index contributed by atoms with van der Waals surface area (Å²) < 4.78 is 23.4. The van der Waals surface area contributed by atoms with Gasteiger partial charge in [0.05, 0.1) is 49.8 Å². The Labute approximate surface area is 206 Å². The molecule has 2 heterocycles. The molecule has 1 aliphatic heterocycles. The van der Waals surface area contributed by atoms with Crippen LogP contribution in [-0.4, -0.2) is 38.5 Å². The molecule has 8 nitrogen and oxygen atoms in total. The zero-order valence-corrected chi connectivity index (χ0v) is 21.0. The van der Waals surface area contributed by atoms with Crippen molar-refractivity contribution >= 4 is 23.4 Å². The number of hydrogen-bond donors (Lipinski definition) is 0. The van der Waals surface area contributed by atoms with E-state index in [1.54, 1.807) is 50.8 Å². The maximum absolute atomic E-state index is 13.7. The second-order valence-corrected chi connectivity index (χ2v) is 8.70. The van der Waals surface area contributed by atoms with Crippen molar-refractivity contribution < 1.29 is 23.7 Å². The Hall–Kier alpha value is -3.85. The number of methoxy groups -OCH3 is 3. The average molecular weight is 495 g/mol. The molecule has 0 amide bonds. The molecular weight excluding hydrogens is 468 g/mol. The fraction of sp³-hybridized carbons (Fsp3) is 0.269. The van der Waals surface area contributed by atoms with Gasteiger partial charge in [-0.3, -0.25) is 9.36 Å². The maximum Gasteiger partial charge on any atom is 0.338 e. The second kappa shape index (κ2) is 10.2. The number of hydrogen-bond acceptors (Lipinski definition) is 8. The summed E-state index contributed by atoms with van der Waals surface area (Å²) >= 11 is 1.27. The molecule has 0 aliphatic carbocycles. The number of carbonyl (C=O) groups excluding carboxylic acids is 1. The SMILES string of the molecule is CCOC(=O)C1=C(C)N=c2s/c(=C\c3ccc(OC)cc3)c(=O)n2[C@H]1c1ccc(OC)c(OC)c1. The van der Waals surface area contributed by atoms with Gasteiger partial charge in [0.15, 0.2) is 16.3 Å². The highest BCUT2D eigenvalue weighted by molar-refractivity contribution is 7.07. The van der Waals surface area contributed by atoms with E-state index in [0.29, 0.717) is 37.7 Å². The second-order valence-electron chi connectivity index (χ2n) is 7.69. The van der Waals surface area contributed by atoms with Gasteiger partial charge in [0.25, 0.3) is 5.56 Å². The van der Waals surface area contributed by atoms with Gasteiger partial charge in [-0.1, -0.05) is 29.5 Å². The summed E-state index contributed by atoms with van der Waals surface area (Å²) in [6.45, 7) is 3.69. The van der Waals surface area contributed by atoms with E-state index in [4.69, 9.17) is 18.9 Å². The van der Waals surface area contributed by atoms with Gasteiger partial charge in [0, 0.05) is 0 Å². The van der Waals surface area contributed by atoms with Gasteiger partial charge < -0.3 is 18.9 Å². The molecule has 0 bridgehead atoms. The predicted molar refractivity (Wildman–Crippen MR) is 133 cm³/mol. The van der Waals surface area contributed by atoms with Crippen LogP contribution in [0.25, 0.3) is 6.08 Å². The summed E-state index contributed by atoms with van der Waals surface area (Å²) in [4.78, 5) is 31.8. The van der Waals surface area contributed by atoms with E-state index >= 15 is 0 Å². The zero-order chi connectivity index (χ0) is 25.1. The number of nitrogens with zero attached hydrogens (tertiary/aromatic N) is 2. The summed E-state index contributed by atoms with van der Waals surface area (Å²) in [6, 6.07) is 12.0. The van der Waals surface area contributed by atoms with Crippen molar-refractivity contribution in [3.63, 3.8) is 0 Å². The molecule has 1 aliphatic rings. The minimum atomic E-state index is -0.733. The number of aromatic nitrogens is 1. The first-order valence-corrected chi connectivity index (χ1v) is 11.8. The monoisotopic (exact) mass is 494 g/mol. The lowest BCUT2D eigenvalue weighted by molar-refractivity contribution is -0.139. The van der Waals surface area contributed by atoms with Gasteiger partial charge in [0.2, 0.25) is 0 Å². The molecule has 0 spiro atoms. The van der Waals surface area contributed by atoms with Crippen LogP contribution >= 0.6 is 11.3 Å². The molecule has 4 rings (SSSR count). The van der Waals surface area contributed by atoms with Crippen LogP contribution in [0.15, 0.2) is 63.5 Å². The summed E-state index contributed by atoms with van der Waals surface area (Å²) in [5.74, 6) is 1.24. The van der Waals surface area contributed by atoms with Crippen LogP contribution in [0.2, 0.25) is 0 Å². The standard InChI is InChI=1S/C26H26N2O6S/c1-6-34-25(30)22-15(2)27-26-28(23(22)17-9-12-19(32-4)20(14-17)33-5)24(29)21(35-26)13-16-7-10-18(31-3)11-8-16/h7-14,23H,6H2,1-5H3/b21-13-/t23-/m0/s1. The molecule has 0 N–H and O–H groups in total. The molecule has 0 saturated heterocycles. The van der Waals surface area contributed by atoms with Crippen LogP contribution in [0.3, 0.4) is 0 Å². The molecule has 0 unspecified atom stereocenters. The van der Waals surface area contributed by atoms with Crippen molar-refractivity contribution in [3.8, 4) is 17.2 Å². The first-order valence-electron chi connectivity index (χ1n) is 11.0. The van der Waals surface area contributed by atoms with Crippen LogP contribution in [-0.2, 0) is 9.53 Å². The summed E-state index contributed by atoms with van der Waals surface area (Å²) in [5.41, 5.74) is 2.08. The van der Waals surface area contributed by atoms with E-state index in [9.17, 15) is 9.59 Å². The lowest BCUT2D eigenvalue weighted by Gasteiger charge is -2.25. The quantitative estimate of drug-likeness (QED) is 0.470. The van der Waals surface area contributed by atoms with E-state index in [1.807, 2.05) is 30.3 Å². The van der Waals surface area contributed by atoms with Gasteiger partial charge in [-0.25, -0.2) is 9.79 Å².